The number of ketones is 1. The van der Waals surface area contributed by atoms with Gasteiger partial charge in [-0.1, -0.05) is 42.5 Å². The summed E-state index contributed by atoms with van der Waals surface area (Å²) in [7, 11) is 2.69. The Balaban J connectivity index is 2.04. The monoisotopic (exact) mass is 306 g/mol. The Bertz CT molecular complexity index is 531. The Morgan fingerprint density at radius 1 is 1.09 bits per heavy atom. The first kappa shape index (κ1) is 16.5. The molecule has 1 aliphatic rings. The molecule has 0 radical (unpaired) electrons. The third-order valence-corrected chi connectivity index (χ3v) is 3.04. The molecule has 0 N–H and O–H groups in total. The number of hydrogen-bond donors (Lipinski definition) is 0. The van der Waals surface area contributed by atoms with Crippen molar-refractivity contribution in [3.05, 3.63) is 60.2 Å². The predicted octanol–water partition coefficient (Wildman–Crippen LogP) is 2.23. The van der Waals surface area contributed by atoms with Crippen molar-refractivity contribution in [1.82, 2.24) is 0 Å². The van der Waals surface area contributed by atoms with E-state index in [0.29, 0.717) is 5.56 Å². The van der Waals surface area contributed by atoms with Crippen LogP contribution in [0.15, 0.2) is 54.6 Å². The van der Waals surface area contributed by atoms with Crippen LogP contribution in [0.1, 0.15) is 10.4 Å². The second kappa shape index (κ2) is 7.98. The van der Waals surface area contributed by atoms with Crippen LogP contribution in [0, 0.1) is 0 Å². The van der Waals surface area contributed by atoms with Crippen molar-refractivity contribution < 1.29 is 29.1 Å². The van der Waals surface area contributed by atoms with Crippen LogP contribution in [0.2, 0.25) is 0 Å². The van der Waals surface area contributed by atoms with Crippen LogP contribution in [0.5, 0.6) is 0 Å². The summed E-state index contributed by atoms with van der Waals surface area (Å²) in [6, 6.07) is 8.89. The Hall–Kier alpha value is -1.83. The Labute approximate surface area is 128 Å². The molecule has 0 heterocycles. The molecule has 0 amide bonds. The van der Waals surface area contributed by atoms with Crippen LogP contribution < -0.4 is 0 Å². The number of carbonyl (C=O) groups excluding carboxylic acids is 1. The van der Waals surface area contributed by atoms with Crippen LogP contribution in [0.4, 0.5) is 0 Å². The fourth-order valence-electron chi connectivity index (χ4n) is 2.05. The number of Topliss-reactive ketones (excluding diaryl/α,β-unsaturated/α-hetero) is 1. The van der Waals surface area contributed by atoms with E-state index in [9.17, 15) is 4.79 Å². The Kier molecular flexibility index (Phi) is 6.00. The molecular formula is C16H18O6. The van der Waals surface area contributed by atoms with Gasteiger partial charge in [-0.2, -0.15) is 9.78 Å². The molecule has 22 heavy (non-hydrogen) atoms. The maximum Gasteiger partial charge on any atom is 0.281 e. The average molecular weight is 306 g/mol. The van der Waals surface area contributed by atoms with E-state index in [1.165, 1.54) is 14.2 Å². The molecule has 1 aliphatic carbocycles. The summed E-state index contributed by atoms with van der Waals surface area (Å²) in [5.41, 5.74) is 0.573. The van der Waals surface area contributed by atoms with Gasteiger partial charge in [0.25, 0.3) is 5.79 Å². The first-order chi connectivity index (χ1) is 10.7. The minimum absolute atomic E-state index is 0.130. The second-order valence-corrected chi connectivity index (χ2v) is 4.49. The van der Waals surface area contributed by atoms with E-state index >= 15 is 0 Å². The Morgan fingerprint density at radius 2 is 1.77 bits per heavy atom. The molecular weight excluding hydrogens is 288 g/mol. The second-order valence-electron chi connectivity index (χ2n) is 4.49. The minimum Gasteiger partial charge on any atom is -0.360 e. The van der Waals surface area contributed by atoms with Gasteiger partial charge in [-0.15, -0.1) is 0 Å². The quantitative estimate of drug-likeness (QED) is 0.318. The van der Waals surface area contributed by atoms with E-state index in [1.807, 2.05) is 6.07 Å². The zero-order chi connectivity index (χ0) is 15.8. The van der Waals surface area contributed by atoms with Gasteiger partial charge in [0.1, 0.15) is 12.7 Å². The van der Waals surface area contributed by atoms with Gasteiger partial charge in [0.2, 0.25) is 0 Å². The van der Waals surface area contributed by atoms with Crippen molar-refractivity contribution in [2.45, 2.75) is 11.9 Å². The lowest BCUT2D eigenvalue weighted by molar-refractivity contribution is -0.496. The lowest BCUT2D eigenvalue weighted by Gasteiger charge is -2.33. The lowest BCUT2D eigenvalue weighted by atomic mass is 10.0. The van der Waals surface area contributed by atoms with Crippen LogP contribution >= 0.6 is 0 Å². The highest BCUT2D eigenvalue weighted by Gasteiger charge is 2.43. The molecule has 0 spiro atoms. The molecule has 118 valence electrons. The van der Waals surface area contributed by atoms with Crippen LogP contribution in [-0.2, 0) is 24.3 Å². The fourth-order valence-corrected chi connectivity index (χ4v) is 2.05. The molecule has 6 nitrogen and oxygen atoms in total. The molecule has 0 saturated carbocycles. The highest BCUT2D eigenvalue weighted by atomic mass is 17.3. The van der Waals surface area contributed by atoms with Crippen LogP contribution in [0.25, 0.3) is 0 Å². The minimum atomic E-state index is -1.41. The molecule has 0 aromatic heterocycles. The normalized spacial score (nSPS) is 19.3. The van der Waals surface area contributed by atoms with Crippen LogP contribution in [-0.4, -0.2) is 38.5 Å². The first-order valence-corrected chi connectivity index (χ1v) is 6.71. The number of carbonyl (C=O) groups is 1. The van der Waals surface area contributed by atoms with E-state index in [0.717, 1.165) is 0 Å². The highest BCUT2D eigenvalue weighted by molar-refractivity contribution is 5.97. The number of hydrogen-bond acceptors (Lipinski definition) is 6. The number of benzene rings is 1. The number of ether oxygens (including phenoxy) is 1. The zero-order valence-electron chi connectivity index (χ0n) is 12.4. The molecule has 1 aromatic carbocycles. The summed E-state index contributed by atoms with van der Waals surface area (Å²) in [5.74, 6) is -1.55. The number of rotatable bonds is 8. The smallest absolute Gasteiger partial charge is 0.281 e. The highest BCUT2D eigenvalue weighted by Crippen LogP contribution is 2.27. The van der Waals surface area contributed by atoms with Gasteiger partial charge in [-0.3, -0.25) is 4.79 Å². The van der Waals surface area contributed by atoms with E-state index in [2.05, 4.69) is 0 Å². The Morgan fingerprint density at radius 3 is 2.41 bits per heavy atom. The zero-order valence-corrected chi connectivity index (χ0v) is 12.4. The maximum absolute atomic E-state index is 12.1. The molecule has 0 saturated heterocycles. The van der Waals surface area contributed by atoms with Gasteiger partial charge < -0.3 is 4.74 Å². The third-order valence-electron chi connectivity index (χ3n) is 3.04. The average Bonchev–Trinajstić information content (AvgIpc) is 2.55. The first-order valence-electron chi connectivity index (χ1n) is 6.71. The van der Waals surface area contributed by atoms with Crippen molar-refractivity contribution in [3.8, 4) is 0 Å². The van der Waals surface area contributed by atoms with E-state index in [1.54, 1.807) is 48.6 Å². The van der Waals surface area contributed by atoms with Gasteiger partial charge in [-0.05, 0) is 12.2 Å². The maximum atomic E-state index is 12.1. The van der Waals surface area contributed by atoms with Crippen molar-refractivity contribution in [3.63, 3.8) is 0 Å². The van der Waals surface area contributed by atoms with E-state index in [-0.39, 0.29) is 12.4 Å². The molecule has 2 rings (SSSR count). The molecule has 0 aliphatic heterocycles. The molecule has 6 heteroatoms. The standard InChI is InChI=1S/C16H18O6/c1-18-21-16(22-19-2)11-7-6-10-15(16)20-12-14(17)13-8-4-3-5-9-13/h3-11,15H,12H2,1-2H3. The molecule has 0 fully saturated rings. The topological polar surface area (TPSA) is 63.2 Å². The largest absolute Gasteiger partial charge is 0.360 e. The lowest BCUT2D eigenvalue weighted by Crippen LogP contribution is -2.47. The van der Waals surface area contributed by atoms with E-state index < -0.39 is 11.9 Å². The van der Waals surface area contributed by atoms with Crippen molar-refractivity contribution >= 4 is 5.78 Å². The molecule has 1 atom stereocenters. The van der Waals surface area contributed by atoms with Gasteiger partial charge >= 0.3 is 0 Å². The van der Waals surface area contributed by atoms with Crippen molar-refractivity contribution in [1.29, 1.82) is 0 Å². The summed E-state index contributed by atoms with van der Waals surface area (Å²) >= 11 is 0. The van der Waals surface area contributed by atoms with Gasteiger partial charge in [0, 0.05) is 5.56 Å². The molecule has 0 bridgehead atoms. The predicted molar refractivity (Wildman–Crippen MR) is 77.7 cm³/mol. The fraction of sp³-hybridized carbons (Fsp3) is 0.312. The summed E-state index contributed by atoms with van der Waals surface area (Å²) < 4.78 is 5.62. The van der Waals surface area contributed by atoms with Crippen LogP contribution in [0.3, 0.4) is 0 Å². The van der Waals surface area contributed by atoms with Crippen molar-refractivity contribution in [2.24, 2.45) is 0 Å². The molecule has 1 unspecified atom stereocenters. The number of allylic oxidation sites excluding steroid dienone is 2. The third kappa shape index (κ3) is 3.88. The summed E-state index contributed by atoms with van der Waals surface area (Å²) in [5, 5.41) is 0. The van der Waals surface area contributed by atoms with Gasteiger partial charge in [-0.25, -0.2) is 9.78 Å². The van der Waals surface area contributed by atoms with Crippen molar-refractivity contribution in [2.75, 3.05) is 20.8 Å². The summed E-state index contributed by atoms with van der Waals surface area (Å²) in [4.78, 5) is 31.8. The summed E-state index contributed by atoms with van der Waals surface area (Å²) in [6.07, 6.45) is 6.03. The van der Waals surface area contributed by atoms with Gasteiger partial charge in [0.05, 0.1) is 14.2 Å². The SMILES string of the molecule is COOC1(OOC)C=CC=CC1OCC(=O)c1ccccc1. The molecule has 1 aromatic rings. The summed E-state index contributed by atoms with van der Waals surface area (Å²) in [6.45, 7) is -0.130. The van der Waals surface area contributed by atoms with Gasteiger partial charge in [0.15, 0.2) is 5.78 Å². The van der Waals surface area contributed by atoms with E-state index in [4.69, 9.17) is 24.3 Å².